The largest absolute Gasteiger partial charge is 0.460 e. The van der Waals surface area contributed by atoms with Gasteiger partial charge in [-0.15, -0.1) is 15.0 Å². The quantitative estimate of drug-likeness (QED) is 0.452. The van der Waals surface area contributed by atoms with Crippen molar-refractivity contribution in [3.8, 4) is 18.0 Å². The van der Waals surface area contributed by atoms with Gasteiger partial charge in [0.15, 0.2) is 0 Å². The smallest absolute Gasteiger partial charge is 0.326 e. The molecule has 0 aliphatic carbocycles. The van der Waals surface area contributed by atoms with E-state index in [1.165, 1.54) is 0 Å². The van der Waals surface area contributed by atoms with Crippen LogP contribution in [0.4, 0.5) is 0 Å². The third-order valence-electron chi connectivity index (χ3n) is 9.39. The number of nitrogens with zero attached hydrogens (tertiary/aromatic N) is 6. The number of hydrogen-bond donors (Lipinski definition) is 0. The fraction of sp³-hybridized carbons (Fsp3) is 0.900. The van der Waals surface area contributed by atoms with Gasteiger partial charge in [0.1, 0.15) is 18.3 Å². The fourth-order valence-electron chi connectivity index (χ4n) is 7.74. The maximum Gasteiger partial charge on any atom is 0.326 e. The van der Waals surface area contributed by atoms with E-state index in [0.717, 1.165) is 0 Å². The molecule has 1 aromatic rings. The molecular weight excluding hydrogens is 540 g/mol. The van der Waals surface area contributed by atoms with E-state index in [0.29, 0.717) is 38.5 Å². The normalized spacial score (nSPS) is 28.4. The summed E-state index contributed by atoms with van der Waals surface area (Å²) in [4.78, 5) is 13.8. The van der Waals surface area contributed by atoms with Crippen LogP contribution in [0.3, 0.4) is 0 Å². The molecule has 0 spiro atoms. The van der Waals surface area contributed by atoms with Crippen molar-refractivity contribution >= 4 is 0 Å². The summed E-state index contributed by atoms with van der Waals surface area (Å²) in [6, 6.07) is 0.453. The van der Waals surface area contributed by atoms with E-state index in [2.05, 4.69) is 98.0 Å². The van der Waals surface area contributed by atoms with Gasteiger partial charge in [-0.05, 0) is 83.1 Å². The molecule has 0 amide bonds. The Morgan fingerprint density at radius 3 is 0.762 bits per heavy atom. The predicted octanol–water partition coefficient (Wildman–Crippen LogP) is 2.99. The molecule has 1 aromatic heterocycles. The second-order valence-corrected chi connectivity index (χ2v) is 16.5. The average Bonchev–Trinajstić information content (AvgIpc) is 2.78. The highest BCUT2D eigenvalue weighted by Crippen LogP contribution is 2.41. The first-order valence-electron chi connectivity index (χ1n) is 15.2. The number of aromatic nitrogens is 3. The molecule has 4 rings (SSSR count). The molecule has 12 nitrogen and oxygen atoms in total. The zero-order valence-electron chi connectivity index (χ0n) is 27.9. The Labute approximate surface area is 251 Å². The first kappa shape index (κ1) is 33.1. The van der Waals surface area contributed by atoms with Gasteiger partial charge in [-0.2, -0.15) is 0 Å². The molecule has 240 valence electrons. The summed E-state index contributed by atoms with van der Waals surface area (Å²) in [5.41, 5.74) is -2.33. The van der Waals surface area contributed by atoms with Crippen molar-refractivity contribution in [3.63, 3.8) is 0 Å². The summed E-state index contributed by atoms with van der Waals surface area (Å²) in [7, 11) is 0. The molecule has 4 heterocycles. The minimum atomic E-state index is -0.388. The van der Waals surface area contributed by atoms with Gasteiger partial charge in [-0.25, -0.2) is 0 Å². The number of piperidine rings is 3. The first-order chi connectivity index (χ1) is 18.9. The number of hydroxylamine groups is 6. The molecular formula is C30H57N6O6+3. The van der Waals surface area contributed by atoms with E-state index in [1.807, 2.05) is 0 Å². The molecule has 12 heteroatoms. The maximum atomic E-state index is 8.62. The Morgan fingerprint density at radius 1 is 0.429 bits per heavy atom. The summed E-state index contributed by atoms with van der Waals surface area (Å²) in [6.07, 6.45) is 3.27. The van der Waals surface area contributed by atoms with Crippen LogP contribution in [-0.4, -0.2) is 97.3 Å². The highest BCUT2D eigenvalue weighted by atomic mass is 16.6. The Morgan fingerprint density at radius 2 is 0.595 bits per heavy atom. The van der Waals surface area contributed by atoms with Crippen molar-refractivity contribution in [3.05, 3.63) is 0 Å². The van der Waals surface area contributed by atoms with E-state index < -0.39 is 0 Å². The molecule has 3 aliphatic rings. The molecule has 6 N–H and O–H groups in total. The minimum absolute atomic E-state index is 0.151. The predicted molar refractivity (Wildman–Crippen MR) is 162 cm³/mol. The Bertz CT molecular complexity index is 935. The zero-order chi connectivity index (χ0) is 31.7. The number of ether oxygens (including phenoxy) is 3. The molecule has 0 saturated carbocycles. The van der Waals surface area contributed by atoms with E-state index in [9.17, 15) is 0 Å². The van der Waals surface area contributed by atoms with Gasteiger partial charge in [0, 0.05) is 38.5 Å². The Kier molecular flexibility index (Phi) is 8.39. The van der Waals surface area contributed by atoms with Crippen LogP contribution < -0.4 is 14.2 Å². The average molecular weight is 598 g/mol. The van der Waals surface area contributed by atoms with Crippen molar-refractivity contribution in [1.82, 2.24) is 30.1 Å². The zero-order valence-corrected chi connectivity index (χ0v) is 27.9. The lowest BCUT2D eigenvalue weighted by molar-refractivity contribution is -0.256. The lowest BCUT2D eigenvalue weighted by Gasteiger charge is -2.47. The molecule has 0 unspecified atom stereocenters. The second-order valence-electron chi connectivity index (χ2n) is 16.5. The minimum Gasteiger partial charge on any atom is -0.460 e. The van der Waals surface area contributed by atoms with Crippen LogP contribution in [0.5, 0.6) is 18.0 Å². The van der Waals surface area contributed by atoms with Crippen LogP contribution in [0.15, 0.2) is 0 Å². The van der Waals surface area contributed by atoms with Crippen LogP contribution in [0.25, 0.3) is 0 Å². The number of rotatable bonds is 6. The molecule has 3 saturated heterocycles. The van der Waals surface area contributed by atoms with Gasteiger partial charge >= 0.3 is 18.0 Å². The summed E-state index contributed by atoms with van der Waals surface area (Å²) in [5.74, 6) is 0. The van der Waals surface area contributed by atoms with Crippen LogP contribution in [0.1, 0.15) is 122 Å². The highest BCUT2D eigenvalue weighted by Gasteiger charge is 2.52. The summed E-state index contributed by atoms with van der Waals surface area (Å²) in [6.45, 7) is 24.6. The number of hydrogen-bond acceptors (Lipinski definition) is 9. The maximum absolute atomic E-state index is 8.62. The van der Waals surface area contributed by atoms with Gasteiger partial charge < -0.3 is 29.8 Å². The lowest BCUT2D eigenvalue weighted by Crippen LogP contribution is -2.61. The lowest BCUT2D eigenvalue weighted by atomic mass is 9.80. The third kappa shape index (κ3) is 6.78. The van der Waals surface area contributed by atoms with Crippen molar-refractivity contribution in [1.29, 1.82) is 0 Å². The third-order valence-corrected chi connectivity index (χ3v) is 9.39. The second kappa shape index (κ2) is 10.7. The monoisotopic (exact) mass is 597 g/mol. The summed E-state index contributed by atoms with van der Waals surface area (Å²) < 4.78 is 19.3. The first-order valence-corrected chi connectivity index (χ1v) is 15.2. The molecule has 0 bridgehead atoms. The molecule has 3 aliphatic heterocycles. The van der Waals surface area contributed by atoms with Crippen molar-refractivity contribution in [2.24, 2.45) is 0 Å². The molecule has 0 radical (unpaired) electrons. The van der Waals surface area contributed by atoms with Gasteiger partial charge in [0.25, 0.3) is 0 Å². The molecule has 42 heavy (non-hydrogen) atoms. The van der Waals surface area contributed by atoms with Crippen molar-refractivity contribution in [2.45, 2.75) is 173 Å². The van der Waals surface area contributed by atoms with Crippen LogP contribution in [0.2, 0.25) is 0 Å². The highest BCUT2D eigenvalue weighted by molar-refractivity contribution is 5.12. The van der Waals surface area contributed by atoms with Gasteiger partial charge in [-0.3, -0.25) is 0 Å². The van der Waals surface area contributed by atoms with Crippen molar-refractivity contribution in [2.75, 3.05) is 0 Å². The Hall–Kier alpha value is -1.83. The van der Waals surface area contributed by atoms with Crippen LogP contribution in [-0.2, 0) is 0 Å². The molecule has 3 fully saturated rings. The van der Waals surface area contributed by atoms with Gasteiger partial charge in [-0.1, -0.05) is 15.2 Å². The molecule has 0 aromatic carbocycles. The topological polar surface area (TPSA) is 145 Å². The fourth-order valence-corrected chi connectivity index (χ4v) is 7.74. The molecule has 0 atom stereocenters. The summed E-state index contributed by atoms with van der Waals surface area (Å²) >= 11 is 0. The van der Waals surface area contributed by atoms with Crippen molar-refractivity contribution < 1.29 is 29.8 Å². The van der Waals surface area contributed by atoms with E-state index in [-0.39, 0.29) is 69.6 Å². The van der Waals surface area contributed by atoms with E-state index in [1.54, 1.807) is 15.2 Å². The SMILES string of the molecule is CC1(C)CC(Oc2nc(OC3CC(C)(C)N([OH2+])C(C)(C)C3)nc(OC3CC(C)(C)N([OH2+])C(C)(C)C3)n2)CC(C)(C)N1[OH2+]. The van der Waals surface area contributed by atoms with Gasteiger partial charge in [0.2, 0.25) is 0 Å². The van der Waals surface area contributed by atoms with Crippen LogP contribution >= 0.6 is 0 Å². The van der Waals surface area contributed by atoms with E-state index in [4.69, 9.17) is 29.8 Å². The van der Waals surface area contributed by atoms with Gasteiger partial charge in [0.05, 0.1) is 33.2 Å². The Balaban J connectivity index is 1.63. The standard InChI is InChI=1S/C30H54N6O6/c1-25(2)13-19(14-26(3,4)34(25)37)40-22-31-23(41-20-15-27(5,6)35(38)28(7,8)16-20)33-24(32-22)42-21-17-29(9,10)36(39)30(11,12)18-21/h19-21,37-39H,13-18H2,1-12H3/p+3. The summed E-state index contributed by atoms with van der Waals surface area (Å²) in [5, 5.41) is 30.9. The van der Waals surface area contributed by atoms with Crippen LogP contribution in [0, 0.1) is 0 Å². The van der Waals surface area contributed by atoms with E-state index >= 15 is 0 Å².